The minimum atomic E-state index is -1.37. The minimum absolute atomic E-state index is 0.0597. The quantitative estimate of drug-likeness (QED) is 0.203. The van der Waals surface area contributed by atoms with Crippen LogP contribution in [0.4, 0.5) is 4.79 Å². The number of carbonyl (C=O) groups excluding carboxylic acids is 2. The molecule has 9 heteroatoms. The first-order chi connectivity index (χ1) is 13.8. The number of benzene rings is 2. The highest BCUT2D eigenvalue weighted by molar-refractivity contribution is 5.86. The van der Waals surface area contributed by atoms with Crippen LogP contribution in [0.15, 0.2) is 36.4 Å². The Balaban J connectivity index is 1.73. The van der Waals surface area contributed by atoms with Crippen molar-refractivity contribution in [3.63, 3.8) is 0 Å². The first-order valence-corrected chi connectivity index (χ1v) is 9.08. The van der Waals surface area contributed by atoms with Crippen molar-refractivity contribution in [2.45, 2.75) is 39.4 Å². The molecule has 2 aromatic carbocycles. The van der Waals surface area contributed by atoms with E-state index in [1.807, 2.05) is 37.3 Å². The fraction of sp³-hybridized carbons (Fsp3) is 0.400. The van der Waals surface area contributed by atoms with Crippen LogP contribution in [0.1, 0.15) is 37.3 Å². The van der Waals surface area contributed by atoms with E-state index >= 15 is 0 Å². The molecule has 0 radical (unpaired) electrons. The Kier molecular flexibility index (Phi) is 7.76. The summed E-state index contributed by atoms with van der Waals surface area (Å²) in [6.45, 7) is 4.96. The predicted molar refractivity (Wildman–Crippen MR) is 103 cm³/mol. The number of aryl methyl sites for hydroxylation is 1. The summed E-state index contributed by atoms with van der Waals surface area (Å²) in [4.78, 5) is 37.6. The molecule has 0 aliphatic heterocycles. The maximum Gasteiger partial charge on any atom is 0.510 e. The molecule has 0 heterocycles. The van der Waals surface area contributed by atoms with Crippen molar-refractivity contribution < 1.29 is 33.7 Å². The molecule has 2 rings (SSSR count). The molecule has 0 amide bonds. The van der Waals surface area contributed by atoms with Crippen LogP contribution in [0, 0.1) is 17.0 Å². The molecule has 2 atom stereocenters. The van der Waals surface area contributed by atoms with Gasteiger partial charge in [0.05, 0.1) is 19.1 Å². The topological polar surface area (TPSA) is 114 Å². The van der Waals surface area contributed by atoms with E-state index in [2.05, 4.69) is 15.6 Å². The van der Waals surface area contributed by atoms with Gasteiger partial charge in [0.2, 0.25) is 6.29 Å². The molecule has 1 unspecified atom stereocenters. The van der Waals surface area contributed by atoms with Gasteiger partial charge in [-0.2, -0.15) is 0 Å². The van der Waals surface area contributed by atoms with Gasteiger partial charge in [0.15, 0.2) is 0 Å². The smallest absolute Gasteiger partial charge is 0.465 e. The van der Waals surface area contributed by atoms with Crippen LogP contribution in [0.25, 0.3) is 10.8 Å². The summed E-state index contributed by atoms with van der Waals surface area (Å²) >= 11 is 0. The molecule has 0 bridgehead atoms. The fourth-order valence-corrected chi connectivity index (χ4v) is 2.61. The van der Waals surface area contributed by atoms with E-state index in [0.717, 1.165) is 16.3 Å². The van der Waals surface area contributed by atoms with Crippen molar-refractivity contribution in [2.75, 3.05) is 13.2 Å². The Labute approximate surface area is 167 Å². The number of carbonyl (C=O) groups is 2. The average Bonchev–Trinajstić information content (AvgIpc) is 2.65. The van der Waals surface area contributed by atoms with Gasteiger partial charge in [-0.25, -0.2) is 4.79 Å². The Hall–Kier alpha value is -3.36. The average molecular weight is 405 g/mol. The first-order valence-electron chi connectivity index (χ1n) is 9.08. The van der Waals surface area contributed by atoms with E-state index in [0.29, 0.717) is 0 Å². The number of fused-ring (bicyclic) bond motifs is 1. The summed E-state index contributed by atoms with van der Waals surface area (Å²) in [5, 5.41) is 11.2. The van der Waals surface area contributed by atoms with Crippen molar-refractivity contribution in [1.82, 2.24) is 0 Å². The normalized spacial score (nSPS) is 12.7. The highest BCUT2D eigenvalue weighted by Gasteiger charge is 2.17. The van der Waals surface area contributed by atoms with Gasteiger partial charge in [0.1, 0.15) is 0 Å². The zero-order valence-corrected chi connectivity index (χ0v) is 16.5. The van der Waals surface area contributed by atoms with Crippen molar-refractivity contribution >= 4 is 22.9 Å². The second kappa shape index (κ2) is 10.3. The molecule has 0 aliphatic carbocycles. The molecule has 0 N–H and O–H groups in total. The Morgan fingerprint density at radius 3 is 2.41 bits per heavy atom. The van der Waals surface area contributed by atoms with E-state index < -0.39 is 23.4 Å². The Morgan fingerprint density at radius 2 is 1.69 bits per heavy atom. The summed E-state index contributed by atoms with van der Waals surface area (Å²) in [5.74, 6) is -0.821. The molecule has 0 saturated heterocycles. The van der Waals surface area contributed by atoms with Crippen molar-refractivity contribution in [1.29, 1.82) is 0 Å². The van der Waals surface area contributed by atoms with Gasteiger partial charge in [0, 0.05) is 6.42 Å². The van der Waals surface area contributed by atoms with Crippen LogP contribution in [0.2, 0.25) is 0 Å². The molecule has 29 heavy (non-hydrogen) atoms. The van der Waals surface area contributed by atoms with Crippen molar-refractivity contribution in [3.05, 3.63) is 57.6 Å². The molecular weight excluding hydrogens is 382 g/mol. The number of esters is 1. The van der Waals surface area contributed by atoms with Crippen molar-refractivity contribution in [2.24, 2.45) is 0 Å². The number of rotatable bonds is 9. The molecule has 0 aromatic heterocycles. The number of hydrogen-bond donors (Lipinski definition) is 0. The lowest BCUT2D eigenvalue weighted by Gasteiger charge is -2.13. The highest BCUT2D eigenvalue weighted by atomic mass is 17.0. The molecule has 0 saturated carbocycles. The van der Waals surface area contributed by atoms with Gasteiger partial charge in [0.25, 0.3) is 5.09 Å². The third-order valence-electron chi connectivity index (χ3n) is 4.12. The summed E-state index contributed by atoms with van der Waals surface area (Å²) in [5.41, 5.74) is 2.02. The lowest BCUT2D eigenvalue weighted by Crippen LogP contribution is -2.22. The van der Waals surface area contributed by atoms with E-state index in [-0.39, 0.29) is 25.6 Å². The lowest BCUT2D eigenvalue weighted by molar-refractivity contribution is -0.777. The van der Waals surface area contributed by atoms with Crippen molar-refractivity contribution in [3.8, 4) is 0 Å². The molecule has 9 nitrogen and oxygen atoms in total. The van der Waals surface area contributed by atoms with E-state index in [4.69, 9.17) is 9.47 Å². The Morgan fingerprint density at radius 1 is 1.03 bits per heavy atom. The molecule has 156 valence electrons. The van der Waals surface area contributed by atoms with Gasteiger partial charge in [-0.05, 0) is 37.1 Å². The number of nitrogens with zero attached hydrogens (tertiary/aromatic N) is 1. The predicted octanol–water partition coefficient (Wildman–Crippen LogP) is 3.89. The zero-order valence-electron chi connectivity index (χ0n) is 16.5. The van der Waals surface area contributed by atoms with Crippen LogP contribution in [-0.2, 0) is 23.8 Å². The highest BCUT2D eigenvalue weighted by Crippen LogP contribution is 2.23. The van der Waals surface area contributed by atoms with Crippen LogP contribution < -0.4 is 0 Å². The van der Waals surface area contributed by atoms with Gasteiger partial charge >= 0.3 is 12.1 Å². The third-order valence-corrected chi connectivity index (χ3v) is 4.12. The van der Waals surface area contributed by atoms with Crippen LogP contribution in [-0.4, -0.2) is 36.7 Å². The monoisotopic (exact) mass is 405 g/mol. The van der Waals surface area contributed by atoms with Crippen LogP contribution in [0.3, 0.4) is 0 Å². The summed E-state index contributed by atoms with van der Waals surface area (Å²) < 4.78 is 14.4. The van der Waals surface area contributed by atoms with E-state index in [1.54, 1.807) is 6.92 Å². The van der Waals surface area contributed by atoms with Crippen LogP contribution in [0.5, 0.6) is 0 Å². The lowest BCUT2D eigenvalue weighted by atomic mass is 9.97. The molecule has 0 spiro atoms. The number of ether oxygens (including phenoxy) is 3. The summed E-state index contributed by atoms with van der Waals surface area (Å²) in [7, 11) is 0. The molecular formula is C20H23NO8. The first kappa shape index (κ1) is 21.9. The van der Waals surface area contributed by atoms with Gasteiger partial charge in [-0.3, -0.25) is 9.63 Å². The Bertz CT molecular complexity index is 882. The molecule has 0 aliphatic rings. The second-order valence-electron chi connectivity index (χ2n) is 6.47. The zero-order chi connectivity index (χ0) is 21.4. The maximum atomic E-state index is 12.2. The second-order valence-corrected chi connectivity index (χ2v) is 6.47. The maximum absolute atomic E-state index is 12.2. The molecule has 2 aromatic rings. The number of hydrogen-bond acceptors (Lipinski definition) is 8. The van der Waals surface area contributed by atoms with Gasteiger partial charge in [-0.15, -0.1) is 10.1 Å². The van der Waals surface area contributed by atoms with Gasteiger partial charge in [-0.1, -0.05) is 42.0 Å². The molecule has 0 fully saturated rings. The SMILES string of the molecule is Cc1ccc2cc([C@H](C)C(=O)OCCCOC(=O)OC(C)O[N+](=O)[O-])ccc2c1. The third kappa shape index (κ3) is 6.95. The van der Waals surface area contributed by atoms with E-state index in [1.165, 1.54) is 12.5 Å². The minimum Gasteiger partial charge on any atom is -0.465 e. The van der Waals surface area contributed by atoms with Crippen LogP contribution >= 0.6 is 0 Å². The largest absolute Gasteiger partial charge is 0.510 e. The fourth-order valence-electron chi connectivity index (χ4n) is 2.61. The standard InChI is InChI=1S/C20H23NO8/c1-13-5-6-18-12-16(7-8-17(18)11-13)14(2)19(22)26-9-4-10-27-20(23)28-15(3)29-21(24)25/h5-8,11-12,14-15H,4,9-10H2,1-3H3/t14-,15?/m0/s1. The van der Waals surface area contributed by atoms with Gasteiger partial charge < -0.3 is 14.2 Å². The summed E-state index contributed by atoms with van der Waals surface area (Å²) in [6.07, 6.45) is -2.22. The van der Waals surface area contributed by atoms with E-state index in [9.17, 15) is 19.7 Å². The summed E-state index contributed by atoms with van der Waals surface area (Å²) in [6, 6.07) is 12.0.